The van der Waals surface area contributed by atoms with Crippen molar-refractivity contribution in [2.45, 2.75) is 26.3 Å². The summed E-state index contributed by atoms with van der Waals surface area (Å²) in [5.74, 6) is 0.385. The van der Waals surface area contributed by atoms with Gasteiger partial charge in [0.25, 0.3) is 0 Å². The van der Waals surface area contributed by atoms with E-state index in [4.69, 9.17) is 4.42 Å². The van der Waals surface area contributed by atoms with E-state index in [0.29, 0.717) is 12.4 Å². The van der Waals surface area contributed by atoms with Gasteiger partial charge in [-0.05, 0) is 5.56 Å². The van der Waals surface area contributed by atoms with E-state index in [1.165, 1.54) is 0 Å². The molecule has 0 bridgehead atoms. The van der Waals surface area contributed by atoms with Crippen LogP contribution in [-0.4, -0.2) is 28.1 Å². The Bertz CT molecular complexity index is 549. The van der Waals surface area contributed by atoms with Crippen molar-refractivity contribution in [3.63, 3.8) is 0 Å². The molecule has 0 spiro atoms. The summed E-state index contributed by atoms with van der Waals surface area (Å²) in [5.41, 5.74) is 1.06. The van der Waals surface area contributed by atoms with E-state index in [1.807, 2.05) is 44.2 Å². The van der Waals surface area contributed by atoms with Gasteiger partial charge < -0.3 is 9.32 Å². The molecule has 2 rings (SSSR count). The molecule has 1 amide bonds. The molecule has 100 valence electrons. The van der Waals surface area contributed by atoms with Crippen LogP contribution in [0.3, 0.4) is 0 Å². The van der Waals surface area contributed by atoms with E-state index in [2.05, 4.69) is 10.2 Å². The van der Waals surface area contributed by atoms with Gasteiger partial charge in [0, 0.05) is 19.5 Å². The second-order valence-corrected chi connectivity index (χ2v) is 4.75. The maximum absolute atomic E-state index is 12.1. The lowest BCUT2D eigenvalue weighted by molar-refractivity contribution is 0.0743. The van der Waals surface area contributed by atoms with Gasteiger partial charge in [0.05, 0.1) is 0 Å². The molecule has 5 nitrogen and oxygen atoms in total. The zero-order valence-corrected chi connectivity index (χ0v) is 11.3. The number of aromatic nitrogens is 2. The molecule has 5 heteroatoms. The number of hydrogen-bond acceptors (Lipinski definition) is 4. The van der Waals surface area contributed by atoms with Crippen LogP contribution in [0.2, 0.25) is 0 Å². The molecule has 0 saturated carbocycles. The summed E-state index contributed by atoms with van der Waals surface area (Å²) in [6.45, 7) is 4.39. The second kappa shape index (κ2) is 5.65. The SMILES string of the molecule is CC(C)c1nnc(C(=O)N(C)Cc2ccccc2)o1. The highest BCUT2D eigenvalue weighted by molar-refractivity contribution is 5.89. The number of amides is 1. The molecule has 19 heavy (non-hydrogen) atoms. The van der Waals surface area contributed by atoms with Gasteiger partial charge in [-0.3, -0.25) is 4.79 Å². The first-order chi connectivity index (χ1) is 9.08. The van der Waals surface area contributed by atoms with Gasteiger partial charge >= 0.3 is 11.8 Å². The Morgan fingerprint density at radius 1 is 1.26 bits per heavy atom. The third-order valence-electron chi connectivity index (χ3n) is 2.73. The van der Waals surface area contributed by atoms with Crippen molar-refractivity contribution < 1.29 is 9.21 Å². The van der Waals surface area contributed by atoms with Crippen LogP contribution in [0, 0.1) is 0 Å². The average molecular weight is 259 g/mol. The Morgan fingerprint density at radius 2 is 1.95 bits per heavy atom. The molecule has 0 fully saturated rings. The standard InChI is InChI=1S/C14H17N3O2/c1-10(2)12-15-16-13(19-12)14(18)17(3)9-11-7-5-4-6-8-11/h4-8,10H,9H2,1-3H3. The van der Waals surface area contributed by atoms with Gasteiger partial charge in [0.2, 0.25) is 5.89 Å². The molecule has 0 radical (unpaired) electrons. The molecule has 0 atom stereocenters. The topological polar surface area (TPSA) is 59.2 Å². The molecular formula is C14H17N3O2. The fraction of sp³-hybridized carbons (Fsp3) is 0.357. The van der Waals surface area contributed by atoms with Crippen molar-refractivity contribution in [3.05, 3.63) is 47.7 Å². The number of hydrogen-bond donors (Lipinski definition) is 0. The molecule has 0 aliphatic heterocycles. The minimum atomic E-state index is -0.261. The Labute approximate surface area is 112 Å². The Kier molecular flexibility index (Phi) is 3.94. The largest absolute Gasteiger partial charge is 0.417 e. The first-order valence-electron chi connectivity index (χ1n) is 6.20. The number of nitrogens with zero attached hydrogens (tertiary/aromatic N) is 3. The summed E-state index contributed by atoms with van der Waals surface area (Å²) in [5, 5.41) is 7.65. The molecule has 0 N–H and O–H groups in total. The zero-order chi connectivity index (χ0) is 13.8. The van der Waals surface area contributed by atoms with E-state index < -0.39 is 0 Å². The summed E-state index contributed by atoms with van der Waals surface area (Å²) in [6.07, 6.45) is 0. The smallest absolute Gasteiger partial charge is 0.311 e. The minimum Gasteiger partial charge on any atom is -0.417 e. The number of rotatable bonds is 4. The summed E-state index contributed by atoms with van der Waals surface area (Å²) >= 11 is 0. The van der Waals surface area contributed by atoms with Gasteiger partial charge in [-0.15, -0.1) is 10.2 Å². The van der Waals surface area contributed by atoms with Crippen molar-refractivity contribution in [2.24, 2.45) is 0 Å². The Morgan fingerprint density at radius 3 is 2.53 bits per heavy atom. The molecule has 0 saturated heterocycles. The lowest BCUT2D eigenvalue weighted by atomic mass is 10.2. The highest BCUT2D eigenvalue weighted by Crippen LogP contribution is 2.13. The monoisotopic (exact) mass is 259 g/mol. The van der Waals surface area contributed by atoms with Crippen LogP contribution < -0.4 is 0 Å². The van der Waals surface area contributed by atoms with E-state index in [0.717, 1.165) is 5.56 Å². The Balaban J connectivity index is 2.06. The third-order valence-corrected chi connectivity index (χ3v) is 2.73. The van der Waals surface area contributed by atoms with Crippen LogP contribution in [0.5, 0.6) is 0 Å². The van der Waals surface area contributed by atoms with Gasteiger partial charge in [-0.2, -0.15) is 0 Å². The van der Waals surface area contributed by atoms with Crippen LogP contribution in [0.25, 0.3) is 0 Å². The lowest BCUT2D eigenvalue weighted by Crippen LogP contribution is -2.26. The van der Waals surface area contributed by atoms with E-state index in [9.17, 15) is 4.79 Å². The van der Waals surface area contributed by atoms with E-state index in [1.54, 1.807) is 11.9 Å². The van der Waals surface area contributed by atoms with Crippen LogP contribution >= 0.6 is 0 Å². The fourth-order valence-corrected chi connectivity index (χ4v) is 1.65. The first kappa shape index (κ1) is 13.3. The van der Waals surface area contributed by atoms with Crippen molar-refractivity contribution in [1.82, 2.24) is 15.1 Å². The van der Waals surface area contributed by atoms with E-state index in [-0.39, 0.29) is 17.7 Å². The number of benzene rings is 1. The molecule has 0 aliphatic carbocycles. The van der Waals surface area contributed by atoms with Gasteiger partial charge in [0.1, 0.15) is 0 Å². The normalized spacial score (nSPS) is 10.7. The van der Waals surface area contributed by atoms with Gasteiger partial charge in [-0.1, -0.05) is 44.2 Å². The number of carbonyl (C=O) groups is 1. The third kappa shape index (κ3) is 3.19. The van der Waals surface area contributed by atoms with Crippen molar-refractivity contribution >= 4 is 5.91 Å². The van der Waals surface area contributed by atoms with Crippen LogP contribution in [0.1, 0.15) is 41.9 Å². The van der Waals surface area contributed by atoms with Gasteiger partial charge in [0.15, 0.2) is 0 Å². The minimum absolute atomic E-state index is 0.0436. The van der Waals surface area contributed by atoms with Crippen LogP contribution in [-0.2, 0) is 6.54 Å². The second-order valence-electron chi connectivity index (χ2n) is 4.75. The molecule has 2 aromatic rings. The Hall–Kier alpha value is -2.17. The quantitative estimate of drug-likeness (QED) is 0.846. The number of carbonyl (C=O) groups excluding carboxylic acids is 1. The predicted octanol–water partition coefficient (Wildman–Crippen LogP) is 2.47. The van der Waals surface area contributed by atoms with Crippen molar-refractivity contribution in [3.8, 4) is 0 Å². The average Bonchev–Trinajstić information content (AvgIpc) is 2.88. The lowest BCUT2D eigenvalue weighted by Gasteiger charge is -2.14. The van der Waals surface area contributed by atoms with Crippen molar-refractivity contribution in [2.75, 3.05) is 7.05 Å². The molecule has 1 aromatic heterocycles. The summed E-state index contributed by atoms with van der Waals surface area (Å²) < 4.78 is 5.35. The van der Waals surface area contributed by atoms with Crippen molar-refractivity contribution in [1.29, 1.82) is 0 Å². The zero-order valence-electron chi connectivity index (χ0n) is 11.3. The molecule has 1 aromatic carbocycles. The van der Waals surface area contributed by atoms with Crippen LogP contribution in [0.15, 0.2) is 34.7 Å². The molecule has 1 heterocycles. The maximum atomic E-state index is 12.1. The molecular weight excluding hydrogens is 242 g/mol. The maximum Gasteiger partial charge on any atom is 0.311 e. The summed E-state index contributed by atoms with van der Waals surface area (Å²) in [6, 6.07) is 9.76. The highest BCUT2D eigenvalue weighted by Gasteiger charge is 2.20. The fourth-order valence-electron chi connectivity index (χ4n) is 1.65. The molecule has 0 unspecified atom stereocenters. The van der Waals surface area contributed by atoms with E-state index >= 15 is 0 Å². The highest BCUT2D eigenvalue weighted by atomic mass is 16.4. The van der Waals surface area contributed by atoms with Crippen LogP contribution in [0.4, 0.5) is 0 Å². The predicted molar refractivity (Wildman–Crippen MR) is 70.6 cm³/mol. The first-order valence-corrected chi connectivity index (χ1v) is 6.20. The summed E-state index contributed by atoms with van der Waals surface area (Å²) in [4.78, 5) is 13.7. The molecule has 0 aliphatic rings. The summed E-state index contributed by atoms with van der Waals surface area (Å²) in [7, 11) is 1.72. The van der Waals surface area contributed by atoms with Gasteiger partial charge in [-0.25, -0.2) is 0 Å².